The second-order valence-corrected chi connectivity index (χ2v) is 8.65. The van der Waals surface area contributed by atoms with E-state index in [0.717, 1.165) is 103 Å². The summed E-state index contributed by atoms with van der Waals surface area (Å²) in [6.45, 7) is 3.86. The Labute approximate surface area is 203 Å². The van der Waals surface area contributed by atoms with Gasteiger partial charge in [-0.25, -0.2) is 0 Å². The van der Waals surface area contributed by atoms with Crippen LogP contribution in [-0.4, -0.2) is 88.0 Å². The van der Waals surface area contributed by atoms with Crippen LogP contribution in [0.25, 0.3) is 0 Å². The lowest BCUT2D eigenvalue weighted by Gasteiger charge is -2.26. The SMILES string of the molecule is OCCCCCN(CCCCCO)c1nc(Cl)nc(N(CCCCCO)CCCCCO)n1. The molecule has 4 N–H and O–H groups in total. The van der Waals surface area contributed by atoms with E-state index in [4.69, 9.17) is 37.0 Å². The van der Waals surface area contributed by atoms with Gasteiger partial charge in [-0.2, -0.15) is 15.0 Å². The van der Waals surface area contributed by atoms with Gasteiger partial charge in [0.2, 0.25) is 17.2 Å². The van der Waals surface area contributed by atoms with E-state index in [9.17, 15) is 0 Å². The fourth-order valence-electron chi connectivity index (χ4n) is 3.60. The Morgan fingerprint density at radius 2 is 0.758 bits per heavy atom. The first-order chi connectivity index (χ1) is 16.2. The van der Waals surface area contributed by atoms with Crippen molar-refractivity contribution in [2.45, 2.75) is 77.0 Å². The summed E-state index contributed by atoms with van der Waals surface area (Å²) in [6.07, 6.45) is 10.5. The summed E-state index contributed by atoms with van der Waals surface area (Å²) in [5, 5.41) is 36.5. The van der Waals surface area contributed by atoms with Crippen molar-refractivity contribution >= 4 is 23.5 Å². The van der Waals surface area contributed by atoms with Gasteiger partial charge in [0.05, 0.1) is 0 Å². The van der Waals surface area contributed by atoms with Crippen LogP contribution >= 0.6 is 11.6 Å². The standard InChI is InChI=1S/C23H44ClN5O4/c24-21-25-22(28(13-5-1-9-17-30)14-6-2-10-18-31)27-23(26-21)29(15-7-3-11-19-32)16-8-4-12-20-33/h30-33H,1-20H2. The Kier molecular flexibility index (Phi) is 18.2. The highest BCUT2D eigenvalue weighted by Gasteiger charge is 2.17. The maximum Gasteiger partial charge on any atom is 0.231 e. The Morgan fingerprint density at radius 1 is 0.455 bits per heavy atom. The van der Waals surface area contributed by atoms with Crippen LogP contribution in [0.3, 0.4) is 0 Å². The van der Waals surface area contributed by atoms with E-state index in [-0.39, 0.29) is 31.7 Å². The molecule has 0 atom stereocenters. The molecule has 0 aliphatic rings. The molecule has 9 nitrogen and oxygen atoms in total. The zero-order chi connectivity index (χ0) is 24.2. The van der Waals surface area contributed by atoms with Crippen LogP contribution in [0.4, 0.5) is 11.9 Å². The Morgan fingerprint density at radius 3 is 1.03 bits per heavy atom. The van der Waals surface area contributed by atoms with Crippen LogP contribution in [-0.2, 0) is 0 Å². The van der Waals surface area contributed by atoms with Crippen molar-refractivity contribution in [2.24, 2.45) is 0 Å². The zero-order valence-corrected chi connectivity index (χ0v) is 20.8. The largest absolute Gasteiger partial charge is 0.396 e. The third kappa shape index (κ3) is 13.9. The number of aliphatic hydroxyl groups is 4. The first kappa shape index (κ1) is 29.8. The van der Waals surface area contributed by atoms with Crippen LogP contribution in [0.5, 0.6) is 0 Å². The average molecular weight is 490 g/mol. The van der Waals surface area contributed by atoms with Gasteiger partial charge in [-0.05, 0) is 88.7 Å². The van der Waals surface area contributed by atoms with Crippen LogP contribution in [0, 0.1) is 0 Å². The molecule has 1 aromatic heterocycles. The highest BCUT2D eigenvalue weighted by Crippen LogP contribution is 2.20. The molecule has 0 aliphatic heterocycles. The minimum Gasteiger partial charge on any atom is -0.396 e. The fraction of sp³-hybridized carbons (Fsp3) is 0.870. The summed E-state index contributed by atoms with van der Waals surface area (Å²) in [4.78, 5) is 17.9. The lowest BCUT2D eigenvalue weighted by molar-refractivity contribution is 0.282. The van der Waals surface area contributed by atoms with Gasteiger partial charge in [0, 0.05) is 52.6 Å². The second kappa shape index (κ2) is 20.1. The molecule has 0 fully saturated rings. The van der Waals surface area contributed by atoms with Crippen molar-refractivity contribution in [3.63, 3.8) is 0 Å². The van der Waals surface area contributed by atoms with Crippen molar-refractivity contribution in [3.05, 3.63) is 5.28 Å². The lowest BCUT2D eigenvalue weighted by atomic mass is 10.2. The van der Waals surface area contributed by atoms with Crippen molar-refractivity contribution < 1.29 is 20.4 Å². The third-order valence-electron chi connectivity index (χ3n) is 5.49. The summed E-state index contributed by atoms with van der Waals surface area (Å²) >= 11 is 6.33. The number of anilines is 2. The minimum absolute atomic E-state index is 0.168. The topological polar surface area (TPSA) is 126 Å². The Hall–Kier alpha value is -1.26. The number of nitrogens with zero attached hydrogens (tertiary/aromatic N) is 5. The zero-order valence-electron chi connectivity index (χ0n) is 20.0. The van der Waals surface area contributed by atoms with Crippen molar-refractivity contribution in [1.29, 1.82) is 0 Å². The molecule has 0 spiro atoms. The first-order valence-corrected chi connectivity index (χ1v) is 12.9. The van der Waals surface area contributed by atoms with Gasteiger partial charge in [0.1, 0.15) is 0 Å². The molecule has 0 radical (unpaired) electrons. The normalized spacial score (nSPS) is 11.2. The molecule has 0 unspecified atom stereocenters. The molecule has 0 saturated heterocycles. The molecular formula is C23H44ClN5O4. The number of hydrogen-bond donors (Lipinski definition) is 4. The number of unbranched alkanes of at least 4 members (excludes halogenated alkanes) is 8. The van der Waals surface area contributed by atoms with Gasteiger partial charge in [-0.15, -0.1) is 0 Å². The Bertz CT molecular complexity index is 530. The van der Waals surface area contributed by atoms with Gasteiger partial charge in [-0.1, -0.05) is 0 Å². The first-order valence-electron chi connectivity index (χ1n) is 12.5. The Balaban J connectivity index is 2.96. The van der Waals surface area contributed by atoms with Crippen LogP contribution in [0.15, 0.2) is 0 Å². The van der Waals surface area contributed by atoms with E-state index in [0.29, 0.717) is 11.9 Å². The molecule has 0 aliphatic carbocycles. The predicted octanol–water partition coefficient (Wildman–Crippen LogP) is 2.79. The number of rotatable bonds is 22. The van der Waals surface area contributed by atoms with Crippen LogP contribution < -0.4 is 9.80 Å². The highest BCUT2D eigenvalue weighted by atomic mass is 35.5. The maximum absolute atomic E-state index is 9.07. The van der Waals surface area contributed by atoms with Gasteiger partial charge < -0.3 is 30.2 Å². The van der Waals surface area contributed by atoms with Gasteiger partial charge in [0.25, 0.3) is 0 Å². The molecule has 0 aromatic carbocycles. The molecule has 1 aromatic rings. The van der Waals surface area contributed by atoms with E-state index < -0.39 is 0 Å². The van der Waals surface area contributed by atoms with E-state index >= 15 is 0 Å². The van der Waals surface area contributed by atoms with E-state index in [1.165, 1.54) is 0 Å². The molecule has 0 amide bonds. The van der Waals surface area contributed by atoms with Crippen LogP contribution in [0.1, 0.15) is 77.0 Å². The molecule has 33 heavy (non-hydrogen) atoms. The lowest BCUT2D eigenvalue weighted by Crippen LogP contribution is -2.31. The molecule has 192 valence electrons. The maximum atomic E-state index is 9.07. The van der Waals surface area contributed by atoms with E-state index in [1.54, 1.807) is 0 Å². The predicted molar refractivity (Wildman–Crippen MR) is 133 cm³/mol. The minimum atomic E-state index is 0.168. The third-order valence-corrected chi connectivity index (χ3v) is 5.66. The average Bonchev–Trinajstić information content (AvgIpc) is 2.81. The van der Waals surface area contributed by atoms with Gasteiger partial charge in [-0.3, -0.25) is 0 Å². The number of aliphatic hydroxyl groups excluding tert-OH is 4. The number of hydrogen-bond acceptors (Lipinski definition) is 9. The van der Waals surface area contributed by atoms with E-state index in [2.05, 4.69) is 19.8 Å². The summed E-state index contributed by atoms with van der Waals surface area (Å²) in [6, 6.07) is 0. The molecule has 0 saturated carbocycles. The summed E-state index contributed by atoms with van der Waals surface area (Å²) < 4.78 is 0. The van der Waals surface area contributed by atoms with Crippen molar-refractivity contribution in [1.82, 2.24) is 15.0 Å². The summed E-state index contributed by atoms with van der Waals surface area (Å²) in [5.41, 5.74) is 0. The van der Waals surface area contributed by atoms with Gasteiger partial charge in [0.15, 0.2) is 0 Å². The monoisotopic (exact) mass is 489 g/mol. The molecule has 10 heteroatoms. The summed E-state index contributed by atoms with van der Waals surface area (Å²) in [7, 11) is 0. The molecule has 1 heterocycles. The molecular weight excluding hydrogens is 446 g/mol. The quantitative estimate of drug-likeness (QED) is 0.182. The summed E-state index contributed by atoms with van der Waals surface area (Å²) in [5.74, 6) is 1.13. The molecule has 0 bridgehead atoms. The van der Waals surface area contributed by atoms with Crippen molar-refractivity contribution in [3.8, 4) is 0 Å². The van der Waals surface area contributed by atoms with Crippen LogP contribution in [0.2, 0.25) is 5.28 Å². The molecule has 1 rings (SSSR count). The number of halogens is 1. The highest BCUT2D eigenvalue weighted by molar-refractivity contribution is 6.28. The fourth-order valence-corrected chi connectivity index (χ4v) is 3.75. The van der Waals surface area contributed by atoms with Crippen molar-refractivity contribution in [2.75, 3.05) is 62.4 Å². The second-order valence-electron chi connectivity index (χ2n) is 8.32. The number of aromatic nitrogens is 3. The van der Waals surface area contributed by atoms with Gasteiger partial charge >= 0.3 is 0 Å². The van der Waals surface area contributed by atoms with E-state index in [1.807, 2.05) is 0 Å². The smallest absolute Gasteiger partial charge is 0.231 e.